The van der Waals surface area contributed by atoms with Gasteiger partial charge in [0, 0.05) is 42.9 Å². The van der Waals surface area contributed by atoms with Crippen molar-refractivity contribution in [1.82, 2.24) is 10.2 Å². The van der Waals surface area contributed by atoms with Gasteiger partial charge in [-0.2, -0.15) is 13.2 Å². The molecule has 0 atom stereocenters. The highest BCUT2D eigenvalue weighted by Gasteiger charge is 2.32. The highest BCUT2D eigenvalue weighted by Crippen LogP contribution is 2.28. The van der Waals surface area contributed by atoms with E-state index in [1.54, 1.807) is 0 Å². The third-order valence-electron chi connectivity index (χ3n) is 6.32. The minimum absolute atomic E-state index is 0.110. The van der Waals surface area contributed by atoms with Crippen LogP contribution in [0.2, 0.25) is 5.02 Å². The Balaban J connectivity index is 1.33. The first-order valence-corrected chi connectivity index (χ1v) is 11.2. The smallest absolute Gasteiger partial charge is 0.369 e. The van der Waals surface area contributed by atoms with E-state index in [4.69, 9.17) is 11.6 Å². The van der Waals surface area contributed by atoms with Gasteiger partial charge in [-0.1, -0.05) is 17.7 Å². The minimum Gasteiger partial charge on any atom is -0.369 e. The molecule has 1 aliphatic heterocycles. The molecule has 0 bridgehead atoms. The molecule has 0 spiro atoms. The molecule has 4 nitrogen and oxygen atoms in total. The summed E-state index contributed by atoms with van der Waals surface area (Å²) in [5, 5.41) is 3.35. The van der Waals surface area contributed by atoms with Crippen molar-refractivity contribution >= 4 is 23.2 Å². The largest absolute Gasteiger partial charge is 0.397 e. The van der Waals surface area contributed by atoms with E-state index in [0.29, 0.717) is 5.92 Å². The highest BCUT2D eigenvalue weighted by atomic mass is 35.5. The summed E-state index contributed by atoms with van der Waals surface area (Å²) in [7, 11) is 0. The van der Waals surface area contributed by atoms with Crippen molar-refractivity contribution in [2.75, 3.05) is 37.6 Å². The Kier molecular flexibility index (Phi) is 7.91. The van der Waals surface area contributed by atoms with Crippen molar-refractivity contribution in [3.63, 3.8) is 0 Å². The van der Waals surface area contributed by atoms with E-state index in [2.05, 4.69) is 27.2 Å². The van der Waals surface area contributed by atoms with Gasteiger partial charge in [0.2, 0.25) is 5.91 Å². The summed E-state index contributed by atoms with van der Waals surface area (Å²) < 4.78 is 36.8. The van der Waals surface area contributed by atoms with Crippen LogP contribution in [0.1, 0.15) is 44.1 Å². The molecule has 1 N–H and O–H groups in total. The number of benzene rings is 1. The molecule has 30 heavy (non-hydrogen) atoms. The highest BCUT2D eigenvalue weighted by molar-refractivity contribution is 6.31. The van der Waals surface area contributed by atoms with Crippen LogP contribution in [0.3, 0.4) is 0 Å². The van der Waals surface area contributed by atoms with Crippen molar-refractivity contribution in [1.29, 1.82) is 0 Å². The predicted molar refractivity (Wildman–Crippen MR) is 114 cm³/mol. The number of piperazine rings is 1. The van der Waals surface area contributed by atoms with Crippen LogP contribution in [0.5, 0.6) is 0 Å². The molecule has 0 unspecified atom stereocenters. The second-order valence-electron chi connectivity index (χ2n) is 8.63. The average molecular weight is 446 g/mol. The number of anilines is 1. The second kappa shape index (κ2) is 10.2. The minimum atomic E-state index is -4.43. The number of halogens is 4. The summed E-state index contributed by atoms with van der Waals surface area (Å²) in [5.74, 6) is -0.312. The number of carbonyl (C=O) groups excluding carboxylic acids is 1. The first-order chi connectivity index (χ1) is 14.2. The zero-order valence-electron chi connectivity index (χ0n) is 17.5. The first kappa shape index (κ1) is 23.2. The van der Waals surface area contributed by atoms with Crippen LogP contribution in [-0.4, -0.2) is 55.7 Å². The summed E-state index contributed by atoms with van der Waals surface area (Å²) in [6.07, 6.45) is -1.21. The van der Waals surface area contributed by atoms with E-state index in [1.807, 2.05) is 13.0 Å². The molecule has 3 rings (SSSR count). The van der Waals surface area contributed by atoms with Crippen LogP contribution >= 0.6 is 11.6 Å². The number of nitrogens with one attached hydrogen (secondary N) is 1. The second-order valence-corrected chi connectivity index (χ2v) is 9.04. The fourth-order valence-electron chi connectivity index (χ4n) is 4.43. The molecule has 8 heteroatoms. The summed E-state index contributed by atoms with van der Waals surface area (Å²) in [6.45, 7) is 7.07. The van der Waals surface area contributed by atoms with Crippen LogP contribution < -0.4 is 10.2 Å². The normalized spacial score (nSPS) is 23.4. The number of nitrogens with zero attached hydrogens (tertiary/aromatic N) is 2. The summed E-state index contributed by atoms with van der Waals surface area (Å²) in [5.41, 5.74) is 2.27. The van der Waals surface area contributed by atoms with E-state index >= 15 is 0 Å². The monoisotopic (exact) mass is 445 g/mol. The number of rotatable bonds is 6. The van der Waals surface area contributed by atoms with Gasteiger partial charge in [-0.3, -0.25) is 9.69 Å². The van der Waals surface area contributed by atoms with Crippen molar-refractivity contribution in [2.45, 2.75) is 57.7 Å². The molecule has 1 saturated heterocycles. The van der Waals surface area contributed by atoms with Crippen LogP contribution in [0.4, 0.5) is 18.9 Å². The Bertz CT molecular complexity index is 712. The number of amides is 1. The maximum absolute atomic E-state index is 12.3. The van der Waals surface area contributed by atoms with Crippen LogP contribution in [0.25, 0.3) is 0 Å². The lowest BCUT2D eigenvalue weighted by Gasteiger charge is -2.37. The lowest BCUT2D eigenvalue weighted by Crippen LogP contribution is -2.47. The zero-order chi connectivity index (χ0) is 21.7. The van der Waals surface area contributed by atoms with Gasteiger partial charge in [-0.15, -0.1) is 0 Å². The molecule has 2 aliphatic rings. The first-order valence-electron chi connectivity index (χ1n) is 10.8. The molecule has 0 aromatic heterocycles. The third-order valence-corrected chi connectivity index (χ3v) is 6.73. The van der Waals surface area contributed by atoms with Gasteiger partial charge in [0.25, 0.3) is 0 Å². The van der Waals surface area contributed by atoms with E-state index < -0.39 is 18.5 Å². The Morgan fingerprint density at radius 2 is 1.80 bits per heavy atom. The standard InChI is InChI=1S/C22H31ClF3N3O/c1-16-2-7-19(14-20(16)23)29-12-10-28(11-13-29)9-8-17-3-5-18(6-4-17)27-21(30)15-22(24,25)26/h2,7,14,17-18H,3-6,8-13,15H2,1H3,(H,27,30). The average Bonchev–Trinajstić information content (AvgIpc) is 2.68. The van der Waals surface area contributed by atoms with Crippen molar-refractivity contribution in [3.8, 4) is 0 Å². The number of hydrogen-bond acceptors (Lipinski definition) is 3. The zero-order valence-corrected chi connectivity index (χ0v) is 18.2. The van der Waals surface area contributed by atoms with E-state index in [1.165, 1.54) is 5.69 Å². The fraction of sp³-hybridized carbons (Fsp3) is 0.682. The van der Waals surface area contributed by atoms with E-state index in [-0.39, 0.29) is 6.04 Å². The maximum Gasteiger partial charge on any atom is 0.397 e. The SMILES string of the molecule is Cc1ccc(N2CCN(CCC3CCC(NC(=O)CC(F)(F)F)CC3)CC2)cc1Cl. The van der Waals surface area contributed by atoms with E-state index in [0.717, 1.165) is 75.4 Å². The van der Waals surface area contributed by atoms with Crippen LogP contribution in [-0.2, 0) is 4.79 Å². The molecule has 1 aliphatic carbocycles. The molecular weight excluding hydrogens is 415 g/mol. The van der Waals surface area contributed by atoms with Crippen molar-refractivity contribution in [3.05, 3.63) is 28.8 Å². The molecule has 1 heterocycles. The van der Waals surface area contributed by atoms with Crippen molar-refractivity contribution in [2.24, 2.45) is 5.92 Å². The Labute approximate surface area is 181 Å². The quantitative estimate of drug-likeness (QED) is 0.684. The Morgan fingerprint density at radius 1 is 1.13 bits per heavy atom. The van der Waals surface area contributed by atoms with Gasteiger partial charge in [0.1, 0.15) is 6.42 Å². The topological polar surface area (TPSA) is 35.6 Å². The van der Waals surface area contributed by atoms with Gasteiger partial charge in [-0.05, 0) is 69.2 Å². The summed E-state index contributed by atoms with van der Waals surface area (Å²) >= 11 is 6.25. The third kappa shape index (κ3) is 7.05. The lowest BCUT2D eigenvalue weighted by atomic mass is 9.84. The molecule has 1 amide bonds. The van der Waals surface area contributed by atoms with Gasteiger partial charge < -0.3 is 10.2 Å². The summed E-state index contributed by atoms with van der Waals surface area (Å²) in [6, 6.07) is 6.12. The lowest BCUT2D eigenvalue weighted by molar-refractivity contribution is -0.154. The molecule has 0 radical (unpaired) electrons. The van der Waals surface area contributed by atoms with Gasteiger partial charge in [-0.25, -0.2) is 0 Å². The van der Waals surface area contributed by atoms with Crippen molar-refractivity contribution < 1.29 is 18.0 Å². The van der Waals surface area contributed by atoms with Gasteiger partial charge in [0.15, 0.2) is 0 Å². The number of carbonyl (C=O) groups is 1. The number of hydrogen-bond donors (Lipinski definition) is 1. The molecule has 1 aromatic carbocycles. The Morgan fingerprint density at radius 3 is 2.40 bits per heavy atom. The molecule has 168 valence electrons. The maximum atomic E-state index is 12.3. The summed E-state index contributed by atoms with van der Waals surface area (Å²) in [4.78, 5) is 16.3. The fourth-order valence-corrected chi connectivity index (χ4v) is 4.60. The van der Waals surface area contributed by atoms with E-state index in [9.17, 15) is 18.0 Å². The predicted octanol–water partition coefficient (Wildman–Crippen LogP) is 4.79. The number of alkyl halides is 3. The molecule has 2 fully saturated rings. The van der Waals surface area contributed by atoms with Gasteiger partial charge in [0.05, 0.1) is 0 Å². The van der Waals surface area contributed by atoms with Crippen LogP contribution in [0.15, 0.2) is 18.2 Å². The molecule has 1 aromatic rings. The van der Waals surface area contributed by atoms with Gasteiger partial charge >= 0.3 is 6.18 Å². The molecule has 1 saturated carbocycles. The number of aryl methyl sites for hydroxylation is 1. The molecular formula is C22H31ClF3N3O. The van der Waals surface area contributed by atoms with Crippen LogP contribution in [0, 0.1) is 12.8 Å². The Hall–Kier alpha value is -1.47.